The average Bonchev–Trinajstić information content (AvgIpc) is 3.08. The summed E-state index contributed by atoms with van der Waals surface area (Å²) in [6.07, 6.45) is 8.07. The number of nitrogens with zero attached hydrogens (tertiary/aromatic N) is 1. The zero-order valence-electron chi connectivity index (χ0n) is 26.8. The van der Waals surface area contributed by atoms with E-state index in [2.05, 4.69) is 24.5 Å². The maximum absolute atomic E-state index is 14.4. The molecule has 0 aromatic carbocycles. The molecule has 9 nitrogen and oxygen atoms in total. The van der Waals surface area contributed by atoms with Crippen LogP contribution in [-0.4, -0.2) is 66.2 Å². The van der Waals surface area contributed by atoms with Crippen LogP contribution >= 0.6 is 0 Å². The third-order valence-electron chi connectivity index (χ3n) is 11.0. The molecule has 0 aromatic heterocycles. The molecule has 4 atom stereocenters. The molecule has 3 saturated carbocycles. The van der Waals surface area contributed by atoms with Gasteiger partial charge in [0, 0.05) is 12.0 Å². The number of alkyl carbamates (subject to hydrolysis) is 1. The number of amides is 3. The Bertz CT molecular complexity index is 1050. The number of hydrogen-bond acceptors (Lipinski definition) is 6. The SMILES string of the molecule is COC(=O)[C@@H]1C[C@@]2(CN1C(=O)[C@@H](NC(=O)[C@@H](NC(=O)OC(C)(C)C)C1CCCCC1)C(C)(C)C)C(C)(C)C21CCC1. The van der Waals surface area contributed by atoms with Gasteiger partial charge in [-0.3, -0.25) is 9.59 Å². The second-order valence-electron chi connectivity index (χ2n) is 15.7. The van der Waals surface area contributed by atoms with Crippen molar-refractivity contribution in [2.24, 2.45) is 27.6 Å². The quantitative estimate of drug-likeness (QED) is 0.433. The number of hydrogen-bond donors (Lipinski definition) is 2. The standard InChI is InChI=1S/C32H53N3O6/c1-28(2,3)23(34-24(36)22(20-14-11-10-12-15-20)33-27(39)41-29(4,5)6)25(37)35-19-32(18-21(35)26(38)40-9)30(7,8)31(32)16-13-17-31/h20-23H,10-19H2,1-9H3,(H,33,39)(H,34,36)/t21-,22-,23+,32+/m0/s1. The van der Waals surface area contributed by atoms with Crippen LogP contribution in [0.4, 0.5) is 4.79 Å². The van der Waals surface area contributed by atoms with E-state index in [0.717, 1.165) is 44.9 Å². The van der Waals surface area contributed by atoms with Crippen molar-refractivity contribution in [3.63, 3.8) is 0 Å². The highest BCUT2D eigenvalue weighted by Crippen LogP contribution is 2.88. The fourth-order valence-corrected chi connectivity index (χ4v) is 8.52. The first kappa shape index (κ1) is 31.6. The van der Waals surface area contributed by atoms with Crippen molar-refractivity contribution in [1.29, 1.82) is 0 Å². The Balaban J connectivity index is 1.59. The number of likely N-dealkylation sites (tertiary alicyclic amines) is 1. The Morgan fingerprint density at radius 1 is 0.878 bits per heavy atom. The first-order valence-electron chi connectivity index (χ1n) is 15.6. The fraction of sp³-hybridized carbons (Fsp3) is 0.875. The minimum Gasteiger partial charge on any atom is -0.467 e. The lowest BCUT2D eigenvalue weighted by Crippen LogP contribution is -2.61. The Morgan fingerprint density at radius 3 is 1.95 bits per heavy atom. The molecule has 1 saturated heterocycles. The van der Waals surface area contributed by atoms with Crippen molar-refractivity contribution in [3.8, 4) is 0 Å². The fourth-order valence-electron chi connectivity index (χ4n) is 8.52. The predicted molar refractivity (Wildman–Crippen MR) is 156 cm³/mol. The highest BCUT2D eigenvalue weighted by Gasteiger charge is 2.85. The van der Waals surface area contributed by atoms with Crippen LogP contribution in [0.25, 0.3) is 0 Å². The van der Waals surface area contributed by atoms with Crippen LogP contribution in [-0.2, 0) is 23.9 Å². The summed E-state index contributed by atoms with van der Waals surface area (Å²) in [5.41, 5.74) is -1.28. The molecule has 41 heavy (non-hydrogen) atoms. The summed E-state index contributed by atoms with van der Waals surface area (Å²) >= 11 is 0. The van der Waals surface area contributed by atoms with Crippen LogP contribution in [0.5, 0.6) is 0 Å². The lowest BCUT2D eigenvalue weighted by Gasteiger charge is -2.37. The van der Waals surface area contributed by atoms with Crippen molar-refractivity contribution in [3.05, 3.63) is 0 Å². The Morgan fingerprint density at radius 2 is 1.49 bits per heavy atom. The van der Waals surface area contributed by atoms with E-state index >= 15 is 0 Å². The second-order valence-corrected chi connectivity index (χ2v) is 15.7. The van der Waals surface area contributed by atoms with Gasteiger partial charge in [0.1, 0.15) is 23.7 Å². The normalized spacial score (nSPS) is 28.4. The van der Waals surface area contributed by atoms with E-state index in [-0.39, 0.29) is 34.0 Å². The van der Waals surface area contributed by atoms with Crippen molar-refractivity contribution in [2.75, 3.05) is 13.7 Å². The predicted octanol–water partition coefficient (Wildman–Crippen LogP) is 4.96. The Labute approximate surface area is 246 Å². The van der Waals surface area contributed by atoms with Gasteiger partial charge in [-0.2, -0.15) is 0 Å². The van der Waals surface area contributed by atoms with E-state index < -0.39 is 41.2 Å². The highest BCUT2D eigenvalue weighted by molar-refractivity contribution is 5.94. The van der Waals surface area contributed by atoms with Crippen LogP contribution in [0, 0.1) is 27.6 Å². The Hall–Kier alpha value is -2.32. The van der Waals surface area contributed by atoms with Gasteiger partial charge in [-0.1, -0.05) is 60.3 Å². The van der Waals surface area contributed by atoms with Gasteiger partial charge in [0.2, 0.25) is 11.8 Å². The molecule has 4 fully saturated rings. The van der Waals surface area contributed by atoms with Gasteiger partial charge in [-0.15, -0.1) is 0 Å². The summed E-state index contributed by atoms with van der Waals surface area (Å²) in [6, 6.07) is -2.38. The average molecular weight is 576 g/mol. The van der Waals surface area contributed by atoms with Gasteiger partial charge in [0.25, 0.3) is 0 Å². The number of rotatable bonds is 6. The van der Waals surface area contributed by atoms with Gasteiger partial charge in [-0.25, -0.2) is 9.59 Å². The molecule has 0 unspecified atom stereocenters. The van der Waals surface area contributed by atoms with Gasteiger partial charge in [-0.05, 0) is 75.0 Å². The molecule has 1 aliphatic heterocycles. The monoisotopic (exact) mass is 575 g/mol. The molecule has 4 aliphatic rings. The number of carbonyl (C=O) groups is 4. The molecule has 3 amide bonds. The first-order valence-corrected chi connectivity index (χ1v) is 15.6. The largest absolute Gasteiger partial charge is 0.467 e. The third-order valence-corrected chi connectivity index (χ3v) is 11.0. The molecular weight excluding hydrogens is 522 g/mol. The van der Waals surface area contributed by atoms with Gasteiger partial charge in [0.05, 0.1) is 7.11 Å². The van der Waals surface area contributed by atoms with Crippen molar-refractivity contribution < 1.29 is 28.7 Å². The smallest absolute Gasteiger partial charge is 0.408 e. The van der Waals surface area contributed by atoms with E-state index in [1.54, 1.807) is 25.7 Å². The lowest BCUT2D eigenvalue weighted by atomic mass is 9.73. The number of ether oxygens (including phenoxy) is 2. The van der Waals surface area contributed by atoms with Crippen molar-refractivity contribution in [2.45, 2.75) is 137 Å². The lowest BCUT2D eigenvalue weighted by molar-refractivity contribution is -0.153. The summed E-state index contributed by atoms with van der Waals surface area (Å²) in [5.74, 6) is -1.11. The van der Waals surface area contributed by atoms with Crippen LogP contribution in [0.1, 0.15) is 113 Å². The molecule has 0 bridgehead atoms. The van der Waals surface area contributed by atoms with Crippen LogP contribution in [0.3, 0.4) is 0 Å². The summed E-state index contributed by atoms with van der Waals surface area (Å²) in [5, 5.41) is 5.87. The van der Waals surface area contributed by atoms with Crippen LogP contribution in [0.15, 0.2) is 0 Å². The summed E-state index contributed by atoms with van der Waals surface area (Å²) in [4.78, 5) is 55.9. The van der Waals surface area contributed by atoms with E-state index in [0.29, 0.717) is 13.0 Å². The molecule has 3 aliphatic carbocycles. The molecular formula is C32H53N3O6. The summed E-state index contributed by atoms with van der Waals surface area (Å²) < 4.78 is 10.7. The maximum atomic E-state index is 14.4. The third kappa shape index (κ3) is 5.47. The summed E-state index contributed by atoms with van der Waals surface area (Å²) in [7, 11) is 1.37. The van der Waals surface area contributed by atoms with E-state index in [1.165, 1.54) is 13.5 Å². The Kier molecular flexibility index (Phi) is 8.29. The second kappa shape index (κ2) is 10.7. The molecule has 9 heteroatoms. The minimum atomic E-state index is -0.886. The van der Waals surface area contributed by atoms with Crippen LogP contribution in [0.2, 0.25) is 0 Å². The number of fused-ring (bicyclic) bond motifs is 1. The molecule has 1 heterocycles. The number of carbonyl (C=O) groups excluding carboxylic acids is 4. The molecule has 232 valence electrons. The van der Waals surface area contributed by atoms with Crippen LogP contribution < -0.4 is 10.6 Å². The first-order chi connectivity index (χ1) is 18.9. The molecule has 0 radical (unpaired) electrons. The zero-order chi connectivity index (χ0) is 30.6. The molecule has 4 rings (SSSR count). The topological polar surface area (TPSA) is 114 Å². The summed E-state index contributed by atoms with van der Waals surface area (Å²) in [6.45, 7) is 16.1. The highest BCUT2D eigenvalue weighted by atomic mass is 16.6. The van der Waals surface area contributed by atoms with Crippen molar-refractivity contribution >= 4 is 23.9 Å². The number of esters is 1. The van der Waals surface area contributed by atoms with Crippen molar-refractivity contribution in [1.82, 2.24) is 15.5 Å². The van der Waals surface area contributed by atoms with E-state index in [4.69, 9.17) is 9.47 Å². The van der Waals surface area contributed by atoms with E-state index in [9.17, 15) is 19.2 Å². The maximum Gasteiger partial charge on any atom is 0.408 e. The minimum absolute atomic E-state index is 0.0312. The molecule has 0 aromatic rings. The molecule has 2 spiro atoms. The number of nitrogens with one attached hydrogen (secondary N) is 2. The van der Waals surface area contributed by atoms with Gasteiger partial charge >= 0.3 is 12.1 Å². The van der Waals surface area contributed by atoms with E-state index in [1.807, 2.05) is 20.8 Å². The number of methoxy groups -OCH3 is 1. The zero-order valence-corrected chi connectivity index (χ0v) is 26.8. The van der Waals surface area contributed by atoms with Gasteiger partial charge < -0.3 is 25.0 Å². The molecule has 2 N–H and O–H groups in total. The van der Waals surface area contributed by atoms with Gasteiger partial charge in [0.15, 0.2) is 0 Å².